The largest absolute Gasteiger partial charge is 0.310 e. The molecular weight excluding hydrogens is 300 g/mol. The molecule has 1 aromatic rings. The third-order valence-corrected chi connectivity index (χ3v) is 2.81. The van der Waals surface area contributed by atoms with E-state index in [0.29, 0.717) is 5.82 Å². The van der Waals surface area contributed by atoms with Crippen molar-refractivity contribution in [3.05, 3.63) is 20.7 Å². The number of rotatable bonds is 1. The number of carbonyl (C=O) groups excluding carboxylic acids is 1. The maximum atomic E-state index is 10.8. The minimum atomic E-state index is -0.130. The van der Waals surface area contributed by atoms with Crippen molar-refractivity contribution in [1.82, 2.24) is 4.98 Å². The van der Waals surface area contributed by atoms with Gasteiger partial charge in [0.25, 0.3) is 0 Å². The Morgan fingerprint density at radius 3 is 2.62 bits per heavy atom. The number of nitrogens with one attached hydrogen (secondary N) is 1. The van der Waals surface area contributed by atoms with Gasteiger partial charge in [0.2, 0.25) is 5.91 Å². The molecule has 0 fully saturated rings. The maximum absolute atomic E-state index is 10.8. The molecule has 13 heavy (non-hydrogen) atoms. The second kappa shape index (κ2) is 4.19. The van der Waals surface area contributed by atoms with Crippen molar-refractivity contribution < 1.29 is 4.79 Å². The number of nitrogens with zero attached hydrogens (tertiary/aromatic N) is 1. The van der Waals surface area contributed by atoms with Crippen molar-refractivity contribution in [3.63, 3.8) is 0 Å². The van der Waals surface area contributed by atoms with Gasteiger partial charge in [-0.15, -0.1) is 0 Å². The van der Waals surface area contributed by atoms with Crippen LogP contribution in [0, 0.1) is 6.92 Å². The third kappa shape index (κ3) is 2.77. The summed E-state index contributed by atoms with van der Waals surface area (Å²) in [5.41, 5.74) is 0.840. The van der Waals surface area contributed by atoms with Crippen LogP contribution in [0.5, 0.6) is 0 Å². The van der Waals surface area contributed by atoms with E-state index < -0.39 is 0 Å². The van der Waals surface area contributed by atoms with Crippen molar-refractivity contribution >= 4 is 43.6 Å². The lowest BCUT2D eigenvalue weighted by molar-refractivity contribution is -0.114. The van der Waals surface area contributed by atoms with Crippen LogP contribution in [0.2, 0.25) is 0 Å². The van der Waals surface area contributed by atoms with Crippen LogP contribution in [-0.2, 0) is 4.79 Å². The van der Waals surface area contributed by atoms with Crippen molar-refractivity contribution in [1.29, 1.82) is 0 Å². The van der Waals surface area contributed by atoms with Crippen molar-refractivity contribution in [2.75, 3.05) is 5.32 Å². The zero-order valence-corrected chi connectivity index (χ0v) is 10.4. The number of anilines is 1. The van der Waals surface area contributed by atoms with E-state index in [9.17, 15) is 4.79 Å². The van der Waals surface area contributed by atoms with Gasteiger partial charge in [-0.05, 0) is 44.8 Å². The van der Waals surface area contributed by atoms with Crippen molar-refractivity contribution in [2.24, 2.45) is 0 Å². The highest BCUT2D eigenvalue weighted by Gasteiger charge is 2.06. The predicted octanol–water partition coefficient (Wildman–Crippen LogP) is 2.87. The fourth-order valence-corrected chi connectivity index (χ4v) is 1.85. The Bertz CT molecular complexity index is 352. The SMILES string of the molecule is CC(=O)Nc1nc(C)c(Br)cc1Br. The molecule has 0 atom stereocenters. The van der Waals surface area contributed by atoms with E-state index in [4.69, 9.17) is 0 Å². The normalized spacial score (nSPS) is 9.85. The second-order valence-corrected chi connectivity index (χ2v) is 4.28. The van der Waals surface area contributed by atoms with Crippen LogP contribution < -0.4 is 5.32 Å². The molecule has 1 amide bonds. The Hall–Kier alpha value is -0.420. The third-order valence-electron chi connectivity index (χ3n) is 1.40. The van der Waals surface area contributed by atoms with E-state index in [2.05, 4.69) is 42.2 Å². The van der Waals surface area contributed by atoms with E-state index in [1.807, 2.05) is 13.0 Å². The molecule has 0 aliphatic carbocycles. The standard InChI is InChI=1S/C8H8Br2N2O/c1-4-6(9)3-7(10)8(11-4)12-5(2)13/h3H,1-2H3,(H,11,12,13). The molecule has 70 valence electrons. The number of carbonyl (C=O) groups is 1. The molecule has 0 bridgehead atoms. The number of aryl methyl sites for hydroxylation is 1. The van der Waals surface area contributed by atoms with Gasteiger partial charge >= 0.3 is 0 Å². The van der Waals surface area contributed by atoms with Gasteiger partial charge in [0.05, 0.1) is 10.2 Å². The first-order chi connectivity index (χ1) is 6.00. The van der Waals surface area contributed by atoms with Gasteiger partial charge in [-0.25, -0.2) is 4.98 Å². The highest BCUT2D eigenvalue weighted by Crippen LogP contribution is 2.26. The average Bonchev–Trinajstić information content (AvgIpc) is 1.99. The fourth-order valence-electron chi connectivity index (χ4n) is 0.813. The van der Waals surface area contributed by atoms with Gasteiger partial charge in [-0.1, -0.05) is 0 Å². The molecule has 3 nitrogen and oxygen atoms in total. The maximum Gasteiger partial charge on any atom is 0.222 e. The molecule has 1 N–H and O–H groups in total. The van der Waals surface area contributed by atoms with Gasteiger partial charge in [-0.2, -0.15) is 0 Å². The summed E-state index contributed by atoms with van der Waals surface area (Å²) >= 11 is 6.64. The summed E-state index contributed by atoms with van der Waals surface area (Å²) in [4.78, 5) is 15.0. The van der Waals surface area contributed by atoms with E-state index >= 15 is 0 Å². The number of amides is 1. The number of hydrogen-bond acceptors (Lipinski definition) is 2. The molecule has 0 saturated carbocycles. The van der Waals surface area contributed by atoms with Gasteiger partial charge < -0.3 is 5.32 Å². The first kappa shape index (κ1) is 10.7. The first-order valence-corrected chi connectivity index (χ1v) is 5.19. The van der Waals surface area contributed by atoms with Crippen LogP contribution >= 0.6 is 31.9 Å². The minimum Gasteiger partial charge on any atom is -0.310 e. The zero-order chi connectivity index (χ0) is 10.0. The summed E-state index contributed by atoms with van der Waals surface area (Å²) in [6.45, 7) is 3.31. The molecule has 0 radical (unpaired) electrons. The topological polar surface area (TPSA) is 42.0 Å². The molecule has 1 heterocycles. The smallest absolute Gasteiger partial charge is 0.222 e. The molecule has 0 aliphatic rings. The molecule has 1 rings (SSSR count). The van der Waals surface area contributed by atoms with Gasteiger partial charge in [-0.3, -0.25) is 4.79 Å². The average molecular weight is 308 g/mol. The number of halogens is 2. The summed E-state index contributed by atoms with van der Waals surface area (Å²) in [6, 6.07) is 1.85. The van der Waals surface area contributed by atoms with E-state index in [1.165, 1.54) is 6.92 Å². The number of aromatic nitrogens is 1. The van der Waals surface area contributed by atoms with E-state index in [0.717, 1.165) is 14.6 Å². The first-order valence-electron chi connectivity index (χ1n) is 3.61. The summed E-state index contributed by atoms with van der Waals surface area (Å²) in [7, 11) is 0. The summed E-state index contributed by atoms with van der Waals surface area (Å²) in [5.74, 6) is 0.420. The molecule has 0 aromatic carbocycles. The van der Waals surface area contributed by atoms with Crippen molar-refractivity contribution in [2.45, 2.75) is 13.8 Å². The molecule has 0 saturated heterocycles. The molecular formula is C8H8Br2N2O. The van der Waals surface area contributed by atoms with Crippen LogP contribution in [0.25, 0.3) is 0 Å². The second-order valence-electron chi connectivity index (χ2n) is 2.57. The lowest BCUT2D eigenvalue weighted by atomic mass is 10.4. The Kier molecular flexibility index (Phi) is 3.44. The van der Waals surface area contributed by atoms with Gasteiger partial charge in [0, 0.05) is 11.4 Å². The predicted molar refractivity (Wildman–Crippen MR) is 58.7 cm³/mol. The Morgan fingerprint density at radius 1 is 1.46 bits per heavy atom. The molecule has 0 aliphatic heterocycles. The zero-order valence-electron chi connectivity index (χ0n) is 7.19. The van der Waals surface area contributed by atoms with Crippen LogP contribution in [-0.4, -0.2) is 10.9 Å². The van der Waals surface area contributed by atoms with E-state index in [1.54, 1.807) is 0 Å². The summed E-state index contributed by atoms with van der Waals surface area (Å²) in [6.07, 6.45) is 0. The molecule has 0 spiro atoms. The molecule has 1 aromatic heterocycles. The number of pyridine rings is 1. The van der Waals surface area contributed by atoms with Crippen LogP contribution in [0.3, 0.4) is 0 Å². The van der Waals surface area contributed by atoms with Crippen LogP contribution in [0.4, 0.5) is 5.82 Å². The highest BCUT2D eigenvalue weighted by molar-refractivity contribution is 9.11. The monoisotopic (exact) mass is 306 g/mol. The van der Waals surface area contributed by atoms with Crippen molar-refractivity contribution in [3.8, 4) is 0 Å². The summed E-state index contributed by atoms with van der Waals surface area (Å²) in [5, 5.41) is 2.62. The Morgan fingerprint density at radius 2 is 2.08 bits per heavy atom. The quantitative estimate of drug-likeness (QED) is 0.867. The number of hydrogen-bond donors (Lipinski definition) is 1. The Labute approximate surface area is 93.2 Å². The van der Waals surface area contributed by atoms with Crippen LogP contribution in [0.1, 0.15) is 12.6 Å². The lowest BCUT2D eigenvalue weighted by Gasteiger charge is -2.06. The lowest BCUT2D eigenvalue weighted by Crippen LogP contribution is -2.08. The van der Waals surface area contributed by atoms with Gasteiger partial charge in [0.15, 0.2) is 0 Å². The van der Waals surface area contributed by atoms with E-state index in [-0.39, 0.29) is 5.91 Å². The molecule has 5 heteroatoms. The highest BCUT2D eigenvalue weighted by atomic mass is 79.9. The van der Waals surface area contributed by atoms with Crippen LogP contribution in [0.15, 0.2) is 15.0 Å². The Balaban J connectivity index is 3.08. The summed E-state index contributed by atoms with van der Waals surface area (Å²) < 4.78 is 1.67. The molecule has 0 unspecified atom stereocenters. The van der Waals surface area contributed by atoms with Gasteiger partial charge in [0.1, 0.15) is 5.82 Å². The fraction of sp³-hybridized carbons (Fsp3) is 0.250. The minimum absolute atomic E-state index is 0.130.